The molecule has 1 aliphatic rings. The Bertz CT molecular complexity index is 497. The topological polar surface area (TPSA) is 54.1 Å². The van der Waals surface area contributed by atoms with Gasteiger partial charge in [-0.2, -0.15) is 10.5 Å². The molecule has 0 saturated carbocycles. The van der Waals surface area contributed by atoms with Crippen molar-refractivity contribution in [3.05, 3.63) is 29.8 Å². The fraction of sp³-hybridized carbons (Fsp3) is 0.429. The van der Waals surface area contributed by atoms with Gasteiger partial charge in [-0.15, -0.1) is 0 Å². The van der Waals surface area contributed by atoms with Crippen LogP contribution >= 0.6 is 0 Å². The molecule has 1 aliphatic heterocycles. The molecule has 0 amide bonds. The fourth-order valence-corrected chi connectivity index (χ4v) is 2.38. The van der Waals surface area contributed by atoms with Crippen LogP contribution < -0.4 is 4.90 Å². The first-order valence-electron chi connectivity index (χ1n) is 6.07. The minimum absolute atomic E-state index is 0.211. The quantitative estimate of drug-likeness (QED) is 0.787. The average Bonchev–Trinajstić information content (AvgIpc) is 2.39. The monoisotopic (exact) mass is 240 g/mol. The number of rotatable bonds is 2. The number of benzene rings is 1. The van der Waals surface area contributed by atoms with Crippen LogP contribution in [0, 0.1) is 22.7 Å². The predicted molar refractivity (Wildman–Crippen MR) is 70.0 cm³/mol. The SMILES string of the molecule is CN1CCN(c2cccc(C#N)c2)C(CC#N)C1. The Balaban J connectivity index is 2.24. The highest BCUT2D eigenvalue weighted by molar-refractivity contribution is 5.52. The van der Waals surface area contributed by atoms with Crippen LogP contribution in [0.5, 0.6) is 0 Å². The van der Waals surface area contributed by atoms with E-state index in [2.05, 4.69) is 29.0 Å². The number of likely N-dealkylation sites (N-methyl/N-ethyl adjacent to an activating group) is 1. The largest absolute Gasteiger partial charge is 0.365 e. The van der Waals surface area contributed by atoms with Gasteiger partial charge < -0.3 is 9.80 Å². The second-order valence-electron chi connectivity index (χ2n) is 4.63. The molecule has 0 spiro atoms. The lowest BCUT2D eigenvalue weighted by molar-refractivity contribution is 0.268. The van der Waals surface area contributed by atoms with Crippen LogP contribution in [0.3, 0.4) is 0 Å². The van der Waals surface area contributed by atoms with Gasteiger partial charge in [-0.3, -0.25) is 0 Å². The van der Waals surface area contributed by atoms with Crippen molar-refractivity contribution in [3.8, 4) is 12.1 Å². The zero-order valence-electron chi connectivity index (χ0n) is 10.5. The third-order valence-corrected chi connectivity index (χ3v) is 3.32. The molecule has 1 aromatic carbocycles. The van der Waals surface area contributed by atoms with E-state index < -0.39 is 0 Å². The van der Waals surface area contributed by atoms with Crippen LogP contribution in [0.1, 0.15) is 12.0 Å². The molecule has 4 heteroatoms. The fourth-order valence-electron chi connectivity index (χ4n) is 2.38. The number of nitriles is 2. The highest BCUT2D eigenvalue weighted by atomic mass is 15.3. The lowest BCUT2D eigenvalue weighted by Gasteiger charge is -2.40. The van der Waals surface area contributed by atoms with E-state index >= 15 is 0 Å². The van der Waals surface area contributed by atoms with Gasteiger partial charge in [-0.1, -0.05) is 6.07 Å². The van der Waals surface area contributed by atoms with Gasteiger partial charge in [0.2, 0.25) is 0 Å². The van der Waals surface area contributed by atoms with Crippen LogP contribution in [-0.4, -0.2) is 37.6 Å². The number of nitrogens with zero attached hydrogens (tertiary/aromatic N) is 4. The van der Waals surface area contributed by atoms with E-state index in [9.17, 15) is 0 Å². The van der Waals surface area contributed by atoms with Crippen molar-refractivity contribution < 1.29 is 0 Å². The van der Waals surface area contributed by atoms with Crippen molar-refractivity contribution in [1.29, 1.82) is 10.5 Å². The third kappa shape index (κ3) is 2.61. The van der Waals surface area contributed by atoms with Crippen molar-refractivity contribution in [2.45, 2.75) is 12.5 Å². The summed E-state index contributed by atoms with van der Waals surface area (Å²) in [6.45, 7) is 2.78. The van der Waals surface area contributed by atoms with Gasteiger partial charge in [0.25, 0.3) is 0 Å². The Morgan fingerprint density at radius 1 is 1.33 bits per heavy atom. The normalized spacial score (nSPS) is 20.2. The standard InChI is InChI=1S/C14H16N4/c1-17-7-8-18(14(11-17)5-6-15)13-4-2-3-12(9-13)10-16/h2-4,9,14H,5,7-8,11H2,1H3. The molecule has 0 aliphatic carbocycles. The van der Waals surface area contributed by atoms with Crippen LogP contribution in [0.25, 0.3) is 0 Å². The molecule has 1 saturated heterocycles. The third-order valence-electron chi connectivity index (χ3n) is 3.32. The summed E-state index contributed by atoms with van der Waals surface area (Å²) in [5, 5.41) is 17.9. The highest BCUT2D eigenvalue weighted by Crippen LogP contribution is 2.22. The summed E-state index contributed by atoms with van der Waals surface area (Å²) < 4.78 is 0. The van der Waals surface area contributed by atoms with E-state index in [0.717, 1.165) is 25.3 Å². The van der Waals surface area contributed by atoms with Gasteiger partial charge in [0.05, 0.1) is 30.2 Å². The lowest BCUT2D eigenvalue weighted by Crippen LogP contribution is -2.51. The highest BCUT2D eigenvalue weighted by Gasteiger charge is 2.25. The Labute approximate surface area is 108 Å². The average molecular weight is 240 g/mol. The molecule has 0 aromatic heterocycles. The van der Waals surface area contributed by atoms with Gasteiger partial charge in [0, 0.05) is 25.3 Å². The molecule has 2 rings (SSSR count). The molecule has 1 unspecified atom stereocenters. The Morgan fingerprint density at radius 2 is 2.17 bits per heavy atom. The zero-order valence-corrected chi connectivity index (χ0v) is 10.5. The predicted octanol–water partition coefficient (Wildman–Crippen LogP) is 1.59. The number of anilines is 1. The summed E-state index contributed by atoms with van der Waals surface area (Å²) in [4.78, 5) is 4.48. The summed E-state index contributed by atoms with van der Waals surface area (Å²) in [6.07, 6.45) is 0.515. The van der Waals surface area contributed by atoms with E-state index in [1.807, 2.05) is 18.2 Å². The van der Waals surface area contributed by atoms with E-state index in [1.165, 1.54) is 0 Å². The maximum Gasteiger partial charge on any atom is 0.0992 e. The summed E-state index contributed by atoms with van der Waals surface area (Å²) in [7, 11) is 2.08. The summed E-state index contributed by atoms with van der Waals surface area (Å²) in [6, 6.07) is 12.2. The number of hydrogen-bond donors (Lipinski definition) is 0. The summed E-state index contributed by atoms with van der Waals surface area (Å²) >= 11 is 0. The molecule has 92 valence electrons. The Morgan fingerprint density at radius 3 is 2.89 bits per heavy atom. The zero-order chi connectivity index (χ0) is 13.0. The van der Waals surface area contributed by atoms with Crippen molar-refractivity contribution in [2.24, 2.45) is 0 Å². The van der Waals surface area contributed by atoms with Crippen LogP contribution in [0.2, 0.25) is 0 Å². The maximum absolute atomic E-state index is 8.94. The number of piperazine rings is 1. The molecule has 1 aromatic rings. The van der Waals surface area contributed by atoms with Gasteiger partial charge >= 0.3 is 0 Å². The molecule has 1 fully saturated rings. The van der Waals surface area contributed by atoms with Crippen molar-refractivity contribution in [3.63, 3.8) is 0 Å². The first-order chi connectivity index (χ1) is 8.74. The lowest BCUT2D eigenvalue weighted by atomic mass is 10.1. The van der Waals surface area contributed by atoms with Crippen molar-refractivity contribution in [2.75, 3.05) is 31.6 Å². The maximum atomic E-state index is 8.94. The minimum atomic E-state index is 0.211. The van der Waals surface area contributed by atoms with E-state index in [0.29, 0.717) is 12.0 Å². The van der Waals surface area contributed by atoms with Gasteiger partial charge in [-0.05, 0) is 25.2 Å². The van der Waals surface area contributed by atoms with Crippen LogP contribution in [-0.2, 0) is 0 Å². The number of hydrogen-bond acceptors (Lipinski definition) is 4. The van der Waals surface area contributed by atoms with Crippen molar-refractivity contribution >= 4 is 5.69 Å². The second-order valence-corrected chi connectivity index (χ2v) is 4.63. The van der Waals surface area contributed by atoms with Gasteiger partial charge in [0.15, 0.2) is 0 Å². The molecule has 0 N–H and O–H groups in total. The van der Waals surface area contributed by atoms with E-state index in [-0.39, 0.29) is 6.04 Å². The second kappa shape index (κ2) is 5.53. The van der Waals surface area contributed by atoms with Crippen molar-refractivity contribution in [1.82, 2.24) is 4.90 Å². The summed E-state index contributed by atoms with van der Waals surface area (Å²) in [5.41, 5.74) is 1.71. The van der Waals surface area contributed by atoms with Gasteiger partial charge in [-0.25, -0.2) is 0 Å². The molecule has 1 atom stereocenters. The van der Waals surface area contributed by atoms with Crippen LogP contribution in [0.4, 0.5) is 5.69 Å². The molecular weight excluding hydrogens is 224 g/mol. The Kier molecular flexibility index (Phi) is 3.82. The van der Waals surface area contributed by atoms with E-state index in [4.69, 9.17) is 10.5 Å². The Hall–Kier alpha value is -2.04. The molecule has 0 radical (unpaired) electrons. The summed E-state index contributed by atoms with van der Waals surface area (Å²) in [5.74, 6) is 0. The molecule has 0 bridgehead atoms. The molecule has 18 heavy (non-hydrogen) atoms. The minimum Gasteiger partial charge on any atom is -0.365 e. The smallest absolute Gasteiger partial charge is 0.0992 e. The molecular formula is C14H16N4. The molecule has 1 heterocycles. The van der Waals surface area contributed by atoms with Crippen LogP contribution in [0.15, 0.2) is 24.3 Å². The first-order valence-corrected chi connectivity index (χ1v) is 6.07. The first kappa shape index (κ1) is 12.4. The molecule has 4 nitrogen and oxygen atoms in total. The van der Waals surface area contributed by atoms with E-state index in [1.54, 1.807) is 6.07 Å². The van der Waals surface area contributed by atoms with Gasteiger partial charge in [0.1, 0.15) is 0 Å².